The highest BCUT2D eigenvalue weighted by Gasteiger charge is 2.05. The van der Waals surface area contributed by atoms with E-state index in [9.17, 15) is 5.11 Å². The van der Waals surface area contributed by atoms with Crippen molar-refractivity contribution in [3.8, 4) is 22.6 Å². The normalized spacial score (nSPS) is 10.1. The van der Waals surface area contributed by atoms with Crippen molar-refractivity contribution in [1.29, 1.82) is 0 Å². The number of methoxy groups -OCH3 is 1. The van der Waals surface area contributed by atoms with Crippen LogP contribution in [0, 0.1) is 0 Å². The van der Waals surface area contributed by atoms with E-state index >= 15 is 0 Å². The molecule has 16 heavy (non-hydrogen) atoms. The molecule has 0 radical (unpaired) electrons. The van der Waals surface area contributed by atoms with Crippen LogP contribution < -0.4 is 4.74 Å². The Balaban J connectivity index is 2.53. The Morgan fingerprint density at radius 2 is 1.94 bits per heavy atom. The molecule has 0 fully saturated rings. The van der Waals surface area contributed by atoms with Gasteiger partial charge in [-0.3, -0.25) is 0 Å². The van der Waals surface area contributed by atoms with Gasteiger partial charge >= 0.3 is 0 Å². The second kappa shape index (κ2) is 4.58. The number of phenols is 1. The molecule has 0 unspecified atom stereocenters. The molecule has 0 saturated heterocycles. The van der Waals surface area contributed by atoms with Crippen LogP contribution in [0.15, 0.2) is 46.9 Å². The van der Waals surface area contributed by atoms with Crippen LogP contribution in [0.25, 0.3) is 11.1 Å². The summed E-state index contributed by atoms with van der Waals surface area (Å²) < 4.78 is 6.09. The Labute approximate surface area is 103 Å². The third-order valence-corrected chi connectivity index (χ3v) is 2.83. The molecular formula is C13H11BrO2. The molecule has 0 saturated carbocycles. The van der Waals surface area contributed by atoms with Gasteiger partial charge in [-0.25, -0.2) is 0 Å². The molecule has 2 rings (SSSR count). The van der Waals surface area contributed by atoms with Gasteiger partial charge in [0.25, 0.3) is 0 Å². The smallest absolute Gasteiger partial charge is 0.123 e. The minimum absolute atomic E-state index is 0.261. The molecular weight excluding hydrogens is 268 g/mol. The summed E-state index contributed by atoms with van der Waals surface area (Å²) in [6, 6.07) is 12.9. The average Bonchev–Trinajstić information content (AvgIpc) is 2.32. The molecule has 2 aromatic rings. The molecule has 0 heterocycles. The fourth-order valence-corrected chi connectivity index (χ4v) is 1.89. The molecule has 0 bridgehead atoms. The van der Waals surface area contributed by atoms with Crippen molar-refractivity contribution in [3.63, 3.8) is 0 Å². The van der Waals surface area contributed by atoms with Gasteiger partial charge < -0.3 is 9.84 Å². The van der Waals surface area contributed by atoms with Gasteiger partial charge in [0.15, 0.2) is 0 Å². The van der Waals surface area contributed by atoms with Crippen LogP contribution in [0.5, 0.6) is 11.5 Å². The van der Waals surface area contributed by atoms with Crippen molar-refractivity contribution < 1.29 is 9.84 Å². The number of hydrogen-bond donors (Lipinski definition) is 1. The maximum Gasteiger partial charge on any atom is 0.123 e. The number of benzene rings is 2. The van der Waals surface area contributed by atoms with Gasteiger partial charge in [0.05, 0.1) is 7.11 Å². The molecule has 0 atom stereocenters. The predicted molar refractivity (Wildman–Crippen MR) is 67.8 cm³/mol. The van der Waals surface area contributed by atoms with Crippen LogP contribution in [0.1, 0.15) is 0 Å². The summed E-state index contributed by atoms with van der Waals surface area (Å²) in [5.41, 5.74) is 1.71. The summed E-state index contributed by atoms with van der Waals surface area (Å²) in [7, 11) is 1.62. The molecule has 0 aliphatic rings. The van der Waals surface area contributed by atoms with E-state index in [2.05, 4.69) is 15.9 Å². The van der Waals surface area contributed by atoms with Gasteiger partial charge in [-0.05, 0) is 35.9 Å². The zero-order chi connectivity index (χ0) is 11.5. The largest absolute Gasteiger partial charge is 0.507 e. The van der Waals surface area contributed by atoms with Gasteiger partial charge in [0.2, 0.25) is 0 Å². The Bertz CT molecular complexity index is 509. The van der Waals surface area contributed by atoms with Crippen molar-refractivity contribution in [2.24, 2.45) is 0 Å². The fraction of sp³-hybridized carbons (Fsp3) is 0.0769. The third-order valence-electron chi connectivity index (χ3n) is 2.34. The molecule has 0 amide bonds. The van der Waals surface area contributed by atoms with Crippen LogP contribution in [-0.4, -0.2) is 12.2 Å². The molecule has 0 aliphatic heterocycles. The highest BCUT2D eigenvalue weighted by Crippen LogP contribution is 2.33. The number of hydrogen-bond acceptors (Lipinski definition) is 2. The Morgan fingerprint density at radius 1 is 1.12 bits per heavy atom. The summed E-state index contributed by atoms with van der Waals surface area (Å²) in [6.07, 6.45) is 0. The molecule has 2 nitrogen and oxygen atoms in total. The lowest BCUT2D eigenvalue weighted by molar-refractivity contribution is 0.415. The lowest BCUT2D eigenvalue weighted by Gasteiger charge is -2.07. The summed E-state index contributed by atoms with van der Waals surface area (Å²) in [4.78, 5) is 0. The first-order chi connectivity index (χ1) is 7.70. The maximum atomic E-state index is 9.79. The summed E-state index contributed by atoms with van der Waals surface area (Å²) in [5, 5.41) is 9.79. The van der Waals surface area contributed by atoms with E-state index in [1.807, 2.05) is 30.3 Å². The van der Waals surface area contributed by atoms with Gasteiger partial charge in [-0.1, -0.05) is 28.1 Å². The number of ether oxygens (including phenoxy) is 1. The molecule has 2 aromatic carbocycles. The van der Waals surface area contributed by atoms with Gasteiger partial charge in [-0.15, -0.1) is 0 Å². The quantitative estimate of drug-likeness (QED) is 0.905. The van der Waals surface area contributed by atoms with E-state index in [0.717, 1.165) is 21.3 Å². The third kappa shape index (κ3) is 2.19. The van der Waals surface area contributed by atoms with Crippen LogP contribution in [0.3, 0.4) is 0 Å². The standard InChI is InChI=1S/C13H11BrO2/c1-16-11-4-2-3-9(7-11)12-8-10(14)5-6-13(12)15/h2-8,15H,1H3. The number of rotatable bonds is 2. The van der Waals surface area contributed by atoms with Crippen molar-refractivity contribution in [3.05, 3.63) is 46.9 Å². The predicted octanol–water partition coefficient (Wildman–Crippen LogP) is 3.83. The van der Waals surface area contributed by atoms with E-state index in [-0.39, 0.29) is 5.75 Å². The number of phenolic OH excluding ortho intramolecular Hbond substituents is 1. The second-order valence-corrected chi connectivity index (χ2v) is 4.31. The molecule has 1 N–H and O–H groups in total. The second-order valence-electron chi connectivity index (χ2n) is 3.39. The first kappa shape index (κ1) is 11.0. The van der Waals surface area contributed by atoms with E-state index in [0.29, 0.717) is 0 Å². The highest BCUT2D eigenvalue weighted by atomic mass is 79.9. The Hall–Kier alpha value is -1.48. The summed E-state index contributed by atoms with van der Waals surface area (Å²) >= 11 is 3.39. The topological polar surface area (TPSA) is 29.5 Å². The average molecular weight is 279 g/mol. The van der Waals surface area contributed by atoms with Crippen LogP contribution in [0.4, 0.5) is 0 Å². The van der Waals surface area contributed by atoms with E-state index < -0.39 is 0 Å². The van der Waals surface area contributed by atoms with Gasteiger partial charge in [0, 0.05) is 10.0 Å². The molecule has 82 valence electrons. The van der Waals surface area contributed by atoms with Crippen LogP contribution in [0.2, 0.25) is 0 Å². The monoisotopic (exact) mass is 278 g/mol. The molecule has 0 aliphatic carbocycles. The van der Waals surface area contributed by atoms with Crippen LogP contribution >= 0.6 is 15.9 Å². The summed E-state index contributed by atoms with van der Waals surface area (Å²) in [5.74, 6) is 1.04. The lowest BCUT2D eigenvalue weighted by Crippen LogP contribution is -1.84. The summed E-state index contributed by atoms with van der Waals surface area (Å²) in [6.45, 7) is 0. The van der Waals surface area contributed by atoms with Gasteiger partial charge in [-0.2, -0.15) is 0 Å². The minimum Gasteiger partial charge on any atom is -0.507 e. The maximum absolute atomic E-state index is 9.79. The zero-order valence-corrected chi connectivity index (χ0v) is 10.4. The molecule has 0 spiro atoms. The van der Waals surface area contributed by atoms with Gasteiger partial charge in [0.1, 0.15) is 11.5 Å². The van der Waals surface area contributed by atoms with Crippen molar-refractivity contribution in [2.75, 3.05) is 7.11 Å². The Kier molecular flexibility index (Phi) is 3.15. The lowest BCUT2D eigenvalue weighted by atomic mass is 10.0. The van der Waals surface area contributed by atoms with Crippen molar-refractivity contribution in [1.82, 2.24) is 0 Å². The number of halogens is 1. The first-order valence-electron chi connectivity index (χ1n) is 4.83. The molecule has 0 aromatic heterocycles. The van der Waals surface area contributed by atoms with Crippen LogP contribution in [-0.2, 0) is 0 Å². The Morgan fingerprint density at radius 3 is 2.69 bits per heavy atom. The molecule has 3 heteroatoms. The van der Waals surface area contributed by atoms with E-state index in [1.54, 1.807) is 19.2 Å². The minimum atomic E-state index is 0.261. The zero-order valence-electron chi connectivity index (χ0n) is 8.77. The highest BCUT2D eigenvalue weighted by molar-refractivity contribution is 9.10. The van der Waals surface area contributed by atoms with Crippen molar-refractivity contribution >= 4 is 15.9 Å². The van der Waals surface area contributed by atoms with E-state index in [4.69, 9.17) is 4.74 Å². The fourth-order valence-electron chi connectivity index (χ4n) is 1.53. The van der Waals surface area contributed by atoms with Crippen molar-refractivity contribution in [2.45, 2.75) is 0 Å². The SMILES string of the molecule is COc1cccc(-c2cc(Br)ccc2O)c1. The first-order valence-corrected chi connectivity index (χ1v) is 5.63. The number of aromatic hydroxyl groups is 1. The van der Waals surface area contributed by atoms with E-state index in [1.165, 1.54) is 0 Å².